The Bertz CT molecular complexity index is 332. The van der Waals surface area contributed by atoms with Crippen LogP contribution in [0.2, 0.25) is 0 Å². The molecule has 0 aromatic rings. The highest BCUT2D eigenvalue weighted by atomic mass is 16.2. The average molecular weight is 236 g/mol. The predicted octanol–water partition coefficient (Wildman–Crippen LogP) is 1.01. The van der Waals surface area contributed by atoms with Gasteiger partial charge in [0.2, 0.25) is 11.8 Å². The molecule has 1 unspecified atom stereocenters. The van der Waals surface area contributed by atoms with Crippen LogP contribution in [0.25, 0.3) is 0 Å². The lowest BCUT2D eigenvalue weighted by molar-refractivity contribution is -0.143. The van der Waals surface area contributed by atoms with E-state index in [2.05, 4.69) is 0 Å². The van der Waals surface area contributed by atoms with E-state index < -0.39 is 0 Å². The molecule has 3 aliphatic rings. The van der Waals surface area contributed by atoms with Gasteiger partial charge in [-0.15, -0.1) is 0 Å². The van der Waals surface area contributed by atoms with Crippen molar-refractivity contribution in [1.82, 2.24) is 9.80 Å². The fourth-order valence-electron chi connectivity index (χ4n) is 3.00. The zero-order valence-corrected chi connectivity index (χ0v) is 10.2. The van der Waals surface area contributed by atoms with Gasteiger partial charge in [-0.2, -0.15) is 0 Å². The SMILES string of the molecule is O=C(C1CCCN1C(=O)C1CC1)N1CCCC1. The summed E-state index contributed by atoms with van der Waals surface area (Å²) >= 11 is 0. The molecular formula is C13H20N2O2. The second-order valence-corrected chi connectivity index (χ2v) is 5.50. The maximum atomic E-state index is 12.3. The van der Waals surface area contributed by atoms with Crippen LogP contribution in [0.4, 0.5) is 0 Å². The van der Waals surface area contributed by atoms with Crippen molar-refractivity contribution in [3.05, 3.63) is 0 Å². The molecule has 94 valence electrons. The van der Waals surface area contributed by atoms with Gasteiger partial charge < -0.3 is 9.80 Å². The summed E-state index contributed by atoms with van der Waals surface area (Å²) in [6.07, 6.45) is 6.15. The van der Waals surface area contributed by atoms with Crippen LogP contribution < -0.4 is 0 Å². The highest BCUT2D eigenvalue weighted by molar-refractivity contribution is 5.90. The Balaban J connectivity index is 1.67. The standard InChI is InChI=1S/C13H20N2O2/c16-12(10-5-6-10)15-9-3-4-11(15)13(17)14-7-1-2-8-14/h10-11H,1-9H2. The van der Waals surface area contributed by atoms with Crippen molar-refractivity contribution >= 4 is 11.8 Å². The topological polar surface area (TPSA) is 40.6 Å². The molecule has 0 N–H and O–H groups in total. The monoisotopic (exact) mass is 236 g/mol. The molecule has 1 saturated carbocycles. The van der Waals surface area contributed by atoms with E-state index in [9.17, 15) is 9.59 Å². The quantitative estimate of drug-likeness (QED) is 0.718. The minimum atomic E-state index is -0.138. The Hall–Kier alpha value is -1.06. The van der Waals surface area contributed by atoms with Crippen LogP contribution in [0.1, 0.15) is 38.5 Å². The number of nitrogens with zero attached hydrogens (tertiary/aromatic N) is 2. The Kier molecular flexibility index (Phi) is 2.81. The molecule has 3 rings (SSSR count). The second-order valence-electron chi connectivity index (χ2n) is 5.50. The maximum Gasteiger partial charge on any atom is 0.245 e. The van der Waals surface area contributed by atoms with Gasteiger partial charge in [0.05, 0.1) is 0 Å². The van der Waals surface area contributed by atoms with Crippen molar-refractivity contribution < 1.29 is 9.59 Å². The van der Waals surface area contributed by atoms with Crippen LogP contribution in [-0.2, 0) is 9.59 Å². The first-order chi connectivity index (χ1) is 8.27. The molecule has 2 saturated heterocycles. The molecule has 17 heavy (non-hydrogen) atoms. The third-order valence-electron chi connectivity index (χ3n) is 4.17. The first kappa shape index (κ1) is 11.1. The molecule has 0 aromatic carbocycles. The smallest absolute Gasteiger partial charge is 0.245 e. The summed E-state index contributed by atoms with van der Waals surface area (Å²) in [7, 11) is 0. The van der Waals surface area contributed by atoms with Gasteiger partial charge in [-0.25, -0.2) is 0 Å². The summed E-state index contributed by atoms with van der Waals surface area (Å²) in [5, 5.41) is 0. The van der Waals surface area contributed by atoms with Crippen molar-refractivity contribution in [3.8, 4) is 0 Å². The Morgan fingerprint density at radius 2 is 1.53 bits per heavy atom. The molecule has 2 aliphatic heterocycles. The first-order valence-corrected chi connectivity index (χ1v) is 6.86. The minimum Gasteiger partial charge on any atom is -0.341 e. The lowest BCUT2D eigenvalue weighted by Crippen LogP contribution is -2.47. The summed E-state index contributed by atoms with van der Waals surface area (Å²) in [4.78, 5) is 28.2. The zero-order chi connectivity index (χ0) is 11.8. The van der Waals surface area contributed by atoms with E-state index in [0.29, 0.717) is 0 Å². The van der Waals surface area contributed by atoms with Crippen LogP contribution in [0.15, 0.2) is 0 Å². The van der Waals surface area contributed by atoms with Gasteiger partial charge in [-0.1, -0.05) is 0 Å². The van der Waals surface area contributed by atoms with Crippen molar-refractivity contribution in [2.24, 2.45) is 5.92 Å². The van der Waals surface area contributed by atoms with Gasteiger partial charge in [0.15, 0.2) is 0 Å². The molecule has 1 atom stereocenters. The van der Waals surface area contributed by atoms with Crippen molar-refractivity contribution in [2.45, 2.75) is 44.6 Å². The van der Waals surface area contributed by atoms with Gasteiger partial charge in [-0.05, 0) is 38.5 Å². The Morgan fingerprint density at radius 3 is 2.18 bits per heavy atom. The van der Waals surface area contributed by atoms with Crippen LogP contribution in [0.5, 0.6) is 0 Å². The van der Waals surface area contributed by atoms with Crippen LogP contribution >= 0.6 is 0 Å². The van der Waals surface area contributed by atoms with Gasteiger partial charge in [0.25, 0.3) is 0 Å². The fraction of sp³-hybridized carbons (Fsp3) is 0.846. The maximum absolute atomic E-state index is 12.3. The Morgan fingerprint density at radius 1 is 0.824 bits per heavy atom. The van der Waals surface area contributed by atoms with Gasteiger partial charge in [-0.3, -0.25) is 9.59 Å². The zero-order valence-electron chi connectivity index (χ0n) is 10.2. The second kappa shape index (κ2) is 4.31. The highest BCUT2D eigenvalue weighted by Crippen LogP contribution is 2.34. The molecule has 2 heterocycles. The molecule has 0 spiro atoms. The highest BCUT2D eigenvalue weighted by Gasteiger charge is 2.42. The van der Waals surface area contributed by atoms with E-state index in [-0.39, 0.29) is 23.8 Å². The van der Waals surface area contributed by atoms with Crippen LogP contribution in [0.3, 0.4) is 0 Å². The number of likely N-dealkylation sites (tertiary alicyclic amines) is 2. The summed E-state index contributed by atoms with van der Waals surface area (Å²) in [6.45, 7) is 2.57. The number of amides is 2. The summed E-state index contributed by atoms with van der Waals surface area (Å²) in [6, 6.07) is -0.138. The van der Waals surface area contributed by atoms with Crippen molar-refractivity contribution in [2.75, 3.05) is 19.6 Å². The van der Waals surface area contributed by atoms with Crippen molar-refractivity contribution in [1.29, 1.82) is 0 Å². The summed E-state index contributed by atoms with van der Waals surface area (Å²) < 4.78 is 0. The van der Waals surface area contributed by atoms with Gasteiger partial charge in [0.1, 0.15) is 6.04 Å². The molecule has 1 aliphatic carbocycles. The molecule has 3 fully saturated rings. The number of carbonyl (C=O) groups excluding carboxylic acids is 2. The number of carbonyl (C=O) groups is 2. The predicted molar refractivity (Wildman–Crippen MR) is 63.3 cm³/mol. The van der Waals surface area contributed by atoms with E-state index >= 15 is 0 Å². The molecule has 4 nitrogen and oxygen atoms in total. The molecule has 0 radical (unpaired) electrons. The lowest BCUT2D eigenvalue weighted by atomic mass is 10.2. The number of hydrogen-bond acceptors (Lipinski definition) is 2. The van der Waals surface area contributed by atoms with E-state index in [4.69, 9.17) is 0 Å². The van der Waals surface area contributed by atoms with E-state index in [0.717, 1.165) is 58.2 Å². The van der Waals surface area contributed by atoms with Gasteiger partial charge >= 0.3 is 0 Å². The number of hydrogen-bond donors (Lipinski definition) is 0. The molecule has 0 aromatic heterocycles. The third-order valence-corrected chi connectivity index (χ3v) is 4.17. The normalized spacial score (nSPS) is 28.8. The van der Waals surface area contributed by atoms with Crippen LogP contribution in [-0.4, -0.2) is 47.3 Å². The first-order valence-electron chi connectivity index (χ1n) is 6.86. The number of rotatable bonds is 2. The molecule has 0 bridgehead atoms. The fourth-order valence-corrected chi connectivity index (χ4v) is 3.00. The summed E-state index contributed by atoms with van der Waals surface area (Å²) in [5.74, 6) is 0.677. The van der Waals surface area contributed by atoms with E-state index in [1.54, 1.807) is 0 Å². The molecular weight excluding hydrogens is 216 g/mol. The Labute approximate surface area is 102 Å². The average Bonchev–Trinajstić information content (AvgIpc) is 2.86. The summed E-state index contributed by atoms with van der Waals surface area (Å²) in [5.41, 5.74) is 0. The van der Waals surface area contributed by atoms with Crippen LogP contribution in [0, 0.1) is 5.92 Å². The third kappa shape index (κ3) is 2.05. The van der Waals surface area contributed by atoms with E-state index in [1.807, 2.05) is 9.80 Å². The molecule has 4 heteroatoms. The van der Waals surface area contributed by atoms with E-state index in [1.165, 1.54) is 0 Å². The van der Waals surface area contributed by atoms with Gasteiger partial charge in [0, 0.05) is 25.6 Å². The minimum absolute atomic E-state index is 0.138. The largest absolute Gasteiger partial charge is 0.341 e. The van der Waals surface area contributed by atoms with Crippen molar-refractivity contribution in [3.63, 3.8) is 0 Å². The molecule has 2 amide bonds. The lowest BCUT2D eigenvalue weighted by Gasteiger charge is -2.27.